The lowest BCUT2D eigenvalue weighted by atomic mass is 9.64. The van der Waals surface area contributed by atoms with E-state index in [4.69, 9.17) is 4.98 Å². The predicted octanol–water partition coefficient (Wildman–Crippen LogP) is 9.13. The second kappa shape index (κ2) is 9.44. The highest BCUT2D eigenvalue weighted by molar-refractivity contribution is 6.09. The minimum Gasteiger partial charge on any atom is -0.310 e. The van der Waals surface area contributed by atoms with Crippen molar-refractivity contribution in [2.75, 3.05) is 4.90 Å². The standard InChI is InChI=1S/C41H28N6/c1-25-13-16-36-33(20-25)41(31-10-5-3-8-28(31)29-9-4-6-11-32(29)41)34-21-26(2)14-17-37(34)46(36)27-15-18-35-30(22-27)39-38(12-7-19-43-39)47(35)40-44-23-42-24-45-40/h3-24H,1-2H3. The summed E-state index contributed by atoms with van der Waals surface area (Å²) in [4.78, 5) is 20.3. The zero-order valence-corrected chi connectivity index (χ0v) is 25.9. The van der Waals surface area contributed by atoms with Crippen LogP contribution in [0.2, 0.25) is 0 Å². The number of aryl methyl sites for hydroxylation is 2. The van der Waals surface area contributed by atoms with Gasteiger partial charge in [0, 0.05) is 17.3 Å². The molecule has 0 fully saturated rings. The van der Waals surface area contributed by atoms with E-state index in [9.17, 15) is 0 Å². The molecule has 222 valence electrons. The maximum atomic E-state index is 4.85. The van der Waals surface area contributed by atoms with E-state index >= 15 is 0 Å². The van der Waals surface area contributed by atoms with Crippen LogP contribution in [0.3, 0.4) is 0 Å². The Balaban J connectivity index is 1.30. The van der Waals surface area contributed by atoms with Gasteiger partial charge in [0.1, 0.15) is 12.7 Å². The topological polar surface area (TPSA) is 59.7 Å². The molecule has 6 heteroatoms. The predicted molar refractivity (Wildman–Crippen MR) is 187 cm³/mol. The van der Waals surface area contributed by atoms with E-state index in [0.29, 0.717) is 5.95 Å². The molecule has 4 heterocycles. The van der Waals surface area contributed by atoms with E-state index in [1.807, 2.05) is 12.3 Å². The van der Waals surface area contributed by atoms with Gasteiger partial charge in [-0.25, -0.2) is 15.0 Å². The molecule has 1 spiro atoms. The van der Waals surface area contributed by atoms with Crippen molar-refractivity contribution < 1.29 is 0 Å². The Kier molecular flexibility index (Phi) is 5.24. The molecule has 0 amide bonds. The van der Waals surface area contributed by atoms with Gasteiger partial charge in [-0.15, -0.1) is 0 Å². The molecule has 0 saturated carbocycles. The molecule has 0 atom stereocenters. The van der Waals surface area contributed by atoms with Crippen molar-refractivity contribution in [1.82, 2.24) is 24.5 Å². The van der Waals surface area contributed by atoms with Gasteiger partial charge >= 0.3 is 0 Å². The number of anilines is 3. The fourth-order valence-electron chi connectivity index (χ4n) is 8.19. The second-order valence-corrected chi connectivity index (χ2v) is 12.6. The van der Waals surface area contributed by atoms with Crippen molar-refractivity contribution >= 4 is 39.0 Å². The molecule has 0 bridgehead atoms. The maximum absolute atomic E-state index is 4.85. The summed E-state index contributed by atoms with van der Waals surface area (Å²) in [6.45, 7) is 4.40. The van der Waals surface area contributed by atoms with Crippen LogP contribution >= 0.6 is 0 Å². The van der Waals surface area contributed by atoms with Crippen LogP contribution in [0.4, 0.5) is 17.1 Å². The molecule has 8 aromatic rings. The average Bonchev–Trinajstić information content (AvgIpc) is 3.60. The highest BCUT2D eigenvalue weighted by Crippen LogP contribution is 2.63. The smallest absolute Gasteiger partial charge is 0.237 e. The number of hydrogen-bond donors (Lipinski definition) is 0. The second-order valence-electron chi connectivity index (χ2n) is 12.6. The lowest BCUT2D eigenvalue weighted by Crippen LogP contribution is -2.36. The lowest BCUT2D eigenvalue weighted by molar-refractivity contribution is 0.750. The molecule has 0 N–H and O–H groups in total. The Labute approximate surface area is 271 Å². The first kappa shape index (κ1) is 26.1. The van der Waals surface area contributed by atoms with Crippen LogP contribution in [0.5, 0.6) is 0 Å². The highest BCUT2D eigenvalue weighted by Gasteiger charge is 2.51. The molecule has 3 aromatic heterocycles. The molecule has 0 saturated heterocycles. The van der Waals surface area contributed by atoms with Crippen molar-refractivity contribution in [3.05, 3.63) is 167 Å². The summed E-state index contributed by atoms with van der Waals surface area (Å²) in [6.07, 6.45) is 4.92. The first-order valence-corrected chi connectivity index (χ1v) is 15.9. The van der Waals surface area contributed by atoms with E-state index in [1.54, 1.807) is 0 Å². The molecular weight excluding hydrogens is 576 g/mol. The van der Waals surface area contributed by atoms with Crippen LogP contribution in [-0.4, -0.2) is 24.5 Å². The number of rotatable bonds is 2. The Morgan fingerprint density at radius 3 is 1.85 bits per heavy atom. The van der Waals surface area contributed by atoms with Crippen molar-refractivity contribution in [2.24, 2.45) is 0 Å². The summed E-state index contributed by atoms with van der Waals surface area (Å²) in [6, 6.07) is 42.5. The van der Waals surface area contributed by atoms with Gasteiger partial charge in [-0.1, -0.05) is 83.9 Å². The molecular formula is C41H28N6. The zero-order valence-electron chi connectivity index (χ0n) is 25.9. The first-order chi connectivity index (χ1) is 23.1. The summed E-state index contributed by atoms with van der Waals surface area (Å²) >= 11 is 0. The molecule has 10 rings (SSSR count). The van der Waals surface area contributed by atoms with Crippen molar-refractivity contribution in [3.8, 4) is 17.1 Å². The van der Waals surface area contributed by atoms with Crippen LogP contribution < -0.4 is 4.90 Å². The molecule has 1 aliphatic carbocycles. The lowest BCUT2D eigenvalue weighted by Gasteiger charge is -2.45. The van der Waals surface area contributed by atoms with Crippen LogP contribution in [-0.2, 0) is 5.41 Å². The number of hydrogen-bond acceptors (Lipinski definition) is 5. The van der Waals surface area contributed by atoms with E-state index in [2.05, 4.69) is 147 Å². The Bertz CT molecular complexity index is 2470. The summed E-state index contributed by atoms with van der Waals surface area (Å²) in [7, 11) is 0. The van der Waals surface area contributed by atoms with Crippen LogP contribution in [0.15, 0.2) is 134 Å². The van der Waals surface area contributed by atoms with Crippen LogP contribution in [0, 0.1) is 13.8 Å². The van der Waals surface area contributed by atoms with Crippen LogP contribution in [0.1, 0.15) is 33.4 Å². The number of aromatic nitrogens is 5. The molecule has 0 radical (unpaired) electrons. The summed E-state index contributed by atoms with van der Waals surface area (Å²) in [5.41, 5.74) is 16.1. The third kappa shape index (κ3) is 3.39. The van der Waals surface area contributed by atoms with Gasteiger partial charge in [-0.3, -0.25) is 9.55 Å². The number of pyridine rings is 1. The Hall–Kier alpha value is -6.14. The molecule has 47 heavy (non-hydrogen) atoms. The minimum absolute atomic E-state index is 0.452. The van der Waals surface area contributed by atoms with E-state index in [1.165, 1.54) is 68.5 Å². The fraction of sp³-hybridized carbons (Fsp3) is 0.0732. The number of benzene rings is 5. The average molecular weight is 605 g/mol. The monoisotopic (exact) mass is 604 g/mol. The van der Waals surface area contributed by atoms with Gasteiger partial charge in [-0.05, 0) is 89.7 Å². The molecule has 2 aliphatic rings. The van der Waals surface area contributed by atoms with Crippen molar-refractivity contribution in [3.63, 3.8) is 0 Å². The minimum atomic E-state index is -0.452. The van der Waals surface area contributed by atoms with Crippen LogP contribution in [0.25, 0.3) is 39.0 Å². The molecule has 5 aromatic carbocycles. The Morgan fingerprint density at radius 1 is 0.553 bits per heavy atom. The third-order valence-electron chi connectivity index (χ3n) is 9.99. The largest absolute Gasteiger partial charge is 0.310 e. The van der Waals surface area contributed by atoms with Gasteiger partial charge in [0.05, 0.1) is 33.3 Å². The quantitative estimate of drug-likeness (QED) is 0.197. The van der Waals surface area contributed by atoms with Crippen molar-refractivity contribution in [1.29, 1.82) is 0 Å². The Morgan fingerprint density at radius 2 is 1.19 bits per heavy atom. The zero-order chi connectivity index (χ0) is 31.3. The van der Waals surface area contributed by atoms with E-state index in [0.717, 1.165) is 27.6 Å². The summed E-state index contributed by atoms with van der Waals surface area (Å²) < 4.78 is 2.06. The SMILES string of the molecule is Cc1ccc2c(c1)C1(c3ccccc3-c3ccccc31)c1cc(C)ccc1N2c1ccc2c(c1)c1ncccc1n2-c1ncncn1. The number of fused-ring (bicyclic) bond motifs is 12. The van der Waals surface area contributed by atoms with E-state index < -0.39 is 5.41 Å². The van der Waals surface area contributed by atoms with Gasteiger partial charge in [0.15, 0.2) is 0 Å². The molecule has 6 nitrogen and oxygen atoms in total. The maximum Gasteiger partial charge on any atom is 0.237 e. The van der Waals surface area contributed by atoms with Gasteiger partial charge in [-0.2, -0.15) is 0 Å². The normalized spacial score (nSPS) is 13.9. The fourth-order valence-corrected chi connectivity index (χ4v) is 8.19. The summed E-state index contributed by atoms with van der Waals surface area (Å²) in [5.74, 6) is 0.570. The number of nitrogens with zero attached hydrogens (tertiary/aromatic N) is 6. The highest BCUT2D eigenvalue weighted by atomic mass is 15.2. The van der Waals surface area contributed by atoms with Gasteiger partial charge < -0.3 is 4.90 Å². The van der Waals surface area contributed by atoms with Gasteiger partial charge in [0.25, 0.3) is 0 Å². The molecule has 1 aliphatic heterocycles. The molecule has 0 unspecified atom stereocenters. The third-order valence-corrected chi connectivity index (χ3v) is 9.99. The van der Waals surface area contributed by atoms with E-state index in [-0.39, 0.29) is 0 Å². The first-order valence-electron chi connectivity index (χ1n) is 15.9. The summed E-state index contributed by atoms with van der Waals surface area (Å²) in [5, 5.41) is 1.04. The van der Waals surface area contributed by atoms with Crippen molar-refractivity contribution in [2.45, 2.75) is 19.3 Å². The van der Waals surface area contributed by atoms with Gasteiger partial charge in [0.2, 0.25) is 5.95 Å².